The molecule has 0 spiro atoms. The van der Waals surface area contributed by atoms with Crippen LogP contribution in [0, 0.1) is 6.92 Å². The van der Waals surface area contributed by atoms with Crippen molar-refractivity contribution in [3.05, 3.63) is 82.9 Å². The van der Waals surface area contributed by atoms with Gasteiger partial charge in [0, 0.05) is 11.1 Å². The van der Waals surface area contributed by atoms with Crippen LogP contribution in [0.2, 0.25) is 0 Å². The Hall–Kier alpha value is -2.61. The van der Waals surface area contributed by atoms with E-state index < -0.39 is 5.60 Å². The smallest absolute Gasteiger partial charge is 0.339 e. The van der Waals surface area contributed by atoms with Gasteiger partial charge in [0.15, 0.2) is 5.60 Å². The van der Waals surface area contributed by atoms with Crippen LogP contribution in [0.3, 0.4) is 0 Å². The van der Waals surface area contributed by atoms with Gasteiger partial charge in [-0.05, 0) is 36.2 Å². The molecule has 0 N–H and O–H groups in total. The molecule has 2 nitrogen and oxygen atoms in total. The Labute approximate surface area is 129 Å². The van der Waals surface area contributed by atoms with Gasteiger partial charge in [0.2, 0.25) is 0 Å². The van der Waals surface area contributed by atoms with E-state index in [4.69, 9.17) is 4.74 Å². The largest absolute Gasteiger partial charge is 0.446 e. The van der Waals surface area contributed by atoms with Gasteiger partial charge in [-0.15, -0.1) is 0 Å². The van der Waals surface area contributed by atoms with E-state index in [1.807, 2.05) is 43.3 Å². The van der Waals surface area contributed by atoms with Gasteiger partial charge in [0.25, 0.3) is 0 Å². The molecule has 3 aromatic rings. The van der Waals surface area contributed by atoms with Gasteiger partial charge in [0.1, 0.15) is 0 Å². The minimum absolute atomic E-state index is 0.247. The number of esters is 1. The van der Waals surface area contributed by atoms with Gasteiger partial charge in [-0.2, -0.15) is 0 Å². The number of hydrogen-bond donors (Lipinski definition) is 0. The van der Waals surface area contributed by atoms with Gasteiger partial charge in [0.05, 0.1) is 5.56 Å². The molecule has 1 aliphatic rings. The molecule has 4 rings (SSSR count). The van der Waals surface area contributed by atoms with Crippen LogP contribution in [0.25, 0.3) is 10.8 Å². The van der Waals surface area contributed by atoms with Crippen LogP contribution in [0.5, 0.6) is 0 Å². The average Bonchev–Trinajstić information content (AvgIpc) is 2.80. The van der Waals surface area contributed by atoms with Crippen molar-refractivity contribution in [2.75, 3.05) is 0 Å². The van der Waals surface area contributed by atoms with E-state index in [0.717, 1.165) is 16.5 Å². The van der Waals surface area contributed by atoms with E-state index in [1.165, 1.54) is 10.9 Å². The fourth-order valence-corrected chi connectivity index (χ4v) is 3.44. The molecule has 0 radical (unpaired) electrons. The summed E-state index contributed by atoms with van der Waals surface area (Å²) in [6.45, 7) is 4.08. The monoisotopic (exact) mass is 288 g/mol. The van der Waals surface area contributed by atoms with E-state index in [9.17, 15) is 4.79 Å². The summed E-state index contributed by atoms with van der Waals surface area (Å²) in [5.74, 6) is -0.247. The fraction of sp³-hybridized carbons (Fsp3) is 0.150. The van der Waals surface area contributed by atoms with Crippen LogP contribution in [0.4, 0.5) is 0 Å². The Kier molecular flexibility index (Phi) is 2.64. The minimum atomic E-state index is -0.735. The second-order valence-electron chi connectivity index (χ2n) is 5.94. The normalized spacial score (nSPS) is 20.0. The molecule has 0 aliphatic carbocycles. The van der Waals surface area contributed by atoms with Crippen molar-refractivity contribution < 1.29 is 9.53 Å². The van der Waals surface area contributed by atoms with E-state index in [0.29, 0.717) is 5.56 Å². The first-order chi connectivity index (χ1) is 10.6. The molecule has 108 valence electrons. The molecule has 0 saturated carbocycles. The highest BCUT2D eigenvalue weighted by Crippen LogP contribution is 2.44. The highest BCUT2D eigenvalue weighted by atomic mass is 16.6. The van der Waals surface area contributed by atoms with Gasteiger partial charge in [-0.1, -0.05) is 54.6 Å². The molecule has 0 fully saturated rings. The van der Waals surface area contributed by atoms with Crippen molar-refractivity contribution in [3.63, 3.8) is 0 Å². The van der Waals surface area contributed by atoms with Crippen LogP contribution in [-0.4, -0.2) is 5.97 Å². The predicted octanol–water partition coefficient (Wildman–Crippen LogP) is 4.58. The third kappa shape index (κ3) is 1.64. The average molecular weight is 288 g/mol. The van der Waals surface area contributed by atoms with Gasteiger partial charge in [-0.25, -0.2) is 4.79 Å². The molecule has 0 unspecified atom stereocenters. The Morgan fingerprint density at radius 2 is 1.50 bits per heavy atom. The zero-order valence-corrected chi connectivity index (χ0v) is 12.6. The third-order valence-electron chi connectivity index (χ3n) is 4.61. The lowest BCUT2D eigenvalue weighted by atomic mass is 9.84. The maximum absolute atomic E-state index is 12.2. The first-order valence-corrected chi connectivity index (χ1v) is 7.43. The lowest BCUT2D eigenvalue weighted by molar-refractivity contribution is 0.0185. The van der Waals surface area contributed by atoms with E-state index in [1.54, 1.807) is 0 Å². The third-order valence-corrected chi connectivity index (χ3v) is 4.61. The Bertz CT molecular complexity index is 910. The molecule has 0 amide bonds. The lowest BCUT2D eigenvalue weighted by Gasteiger charge is -2.26. The molecule has 1 heterocycles. The zero-order valence-electron chi connectivity index (χ0n) is 12.6. The number of fused-ring (bicyclic) bond motifs is 2. The standard InChI is InChI=1S/C20H16O2/c1-13-11-12-18(15-8-4-3-7-14(13)15)20(2)17-10-6-5-9-16(17)19(21)22-20/h3-12H,1-2H3/t20-/m0/s1. The highest BCUT2D eigenvalue weighted by Gasteiger charge is 2.43. The molecule has 22 heavy (non-hydrogen) atoms. The molecule has 2 heteroatoms. The molecule has 3 aromatic carbocycles. The fourth-order valence-electron chi connectivity index (χ4n) is 3.44. The molecular weight excluding hydrogens is 272 g/mol. The Morgan fingerprint density at radius 1 is 0.818 bits per heavy atom. The first-order valence-electron chi connectivity index (χ1n) is 7.43. The predicted molar refractivity (Wildman–Crippen MR) is 87.0 cm³/mol. The summed E-state index contributed by atoms with van der Waals surface area (Å²) in [5.41, 5.74) is 3.12. The Morgan fingerprint density at radius 3 is 2.32 bits per heavy atom. The molecule has 1 atom stereocenters. The number of rotatable bonds is 1. The zero-order chi connectivity index (χ0) is 15.3. The maximum atomic E-state index is 12.2. The summed E-state index contributed by atoms with van der Waals surface area (Å²) in [6.07, 6.45) is 0. The summed E-state index contributed by atoms with van der Waals surface area (Å²) in [7, 11) is 0. The number of cyclic esters (lactones) is 1. The second kappa shape index (κ2) is 4.44. The lowest BCUT2D eigenvalue weighted by Crippen LogP contribution is -2.23. The van der Waals surface area contributed by atoms with Crippen molar-refractivity contribution in [3.8, 4) is 0 Å². The van der Waals surface area contributed by atoms with Crippen LogP contribution in [0.15, 0.2) is 60.7 Å². The van der Waals surface area contributed by atoms with Crippen molar-refractivity contribution in [1.29, 1.82) is 0 Å². The van der Waals surface area contributed by atoms with E-state index in [2.05, 4.69) is 31.2 Å². The summed E-state index contributed by atoms with van der Waals surface area (Å²) in [6, 6.07) is 20.1. The number of carbonyl (C=O) groups is 1. The summed E-state index contributed by atoms with van der Waals surface area (Å²) >= 11 is 0. The number of hydrogen-bond acceptors (Lipinski definition) is 2. The Balaban J connectivity index is 2.05. The highest BCUT2D eigenvalue weighted by molar-refractivity contribution is 5.97. The van der Waals surface area contributed by atoms with Crippen molar-refractivity contribution in [1.82, 2.24) is 0 Å². The topological polar surface area (TPSA) is 26.3 Å². The van der Waals surface area contributed by atoms with Crippen LogP contribution >= 0.6 is 0 Å². The minimum Gasteiger partial charge on any atom is -0.446 e. The molecule has 0 bridgehead atoms. The SMILES string of the molecule is Cc1ccc([C@@]2(C)OC(=O)c3ccccc32)c2ccccc12. The molecule has 0 aromatic heterocycles. The first kappa shape index (κ1) is 13.1. The van der Waals surface area contributed by atoms with Gasteiger partial charge in [-0.3, -0.25) is 0 Å². The molecular formula is C20H16O2. The number of benzene rings is 3. The molecule has 1 aliphatic heterocycles. The summed E-state index contributed by atoms with van der Waals surface area (Å²) < 4.78 is 5.81. The van der Waals surface area contributed by atoms with Crippen molar-refractivity contribution in [2.24, 2.45) is 0 Å². The summed E-state index contributed by atoms with van der Waals surface area (Å²) in [4.78, 5) is 12.2. The summed E-state index contributed by atoms with van der Waals surface area (Å²) in [5, 5.41) is 2.33. The maximum Gasteiger partial charge on any atom is 0.339 e. The number of aryl methyl sites for hydroxylation is 1. The number of carbonyl (C=O) groups excluding carboxylic acids is 1. The van der Waals surface area contributed by atoms with Gasteiger partial charge < -0.3 is 4.74 Å². The van der Waals surface area contributed by atoms with E-state index >= 15 is 0 Å². The van der Waals surface area contributed by atoms with Crippen molar-refractivity contribution >= 4 is 16.7 Å². The quantitative estimate of drug-likeness (QED) is 0.612. The van der Waals surface area contributed by atoms with Crippen LogP contribution in [-0.2, 0) is 10.3 Å². The number of ether oxygens (including phenoxy) is 1. The van der Waals surface area contributed by atoms with Crippen LogP contribution in [0.1, 0.15) is 34.0 Å². The molecule has 0 saturated heterocycles. The van der Waals surface area contributed by atoms with E-state index in [-0.39, 0.29) is 5.97 Å². The van der Waals surface area contributed by atoms with Gasteiger partial charge >= 0.3 is 5.97 Å². The van der Waals surface area contributed by atoms with Crippen molar-refractivity contribution in [2.45, 2.75) is 19.4 Å². The van der Waals surface area contributed by atoms with Crippen LogP contribution < -0.4 is 0 Å². The second-order valence-corrected chi connectivity index (χ2v) is 5.94.